The lowest BCUT2D eigenvalue weighted by atomic mass is 10.3. The first-order valence-electron chi connectivity index (χ1n) is 6.35. The molecule has 102 valence electrons. The van der Waals surface area contributed by atoms with Crippen LogP contribution in [0.3, 0.4) is 0 Å². The summed E-state index contributed by atoms with van der Waals surface area (Å²) in [5.41, 5.74) is 0. The highest BCUT2D eigenvalue weighted by Crippen LogP contribution is 2.24. The van der Waals surface area contributed by atoms with E-state index in [1.807, 2.05) is 0 Å². The fourth-order valence-electron chi connectivity index (χ4n) is 1.58. The molecule has 1 aromatic heterocycles. The van der Waals surface area contributed by atoms with E-state index < -0.39 is 0 Å². The third kappa shape index (κ3) is 4.42. The second-order valence-electron chi connectivity index (χ2n) is 3.95. The number of hydrogen-bond acceptors (Lipinski definition) is 5. The van der Waals surface area contributed by atoms with Crippen LogP contribution in [0.2, 0.25) is 0 Å². The quantitative estimate of drug-likeness (QED) is 0.770. The summed E-state index contributed by atoms with van der Waals surface area (Å²) in [5.74, 6) is 1.53. The molecular formula is C12H21BrN4O. The van der Waals surface area contributed by atoms with E-state index in [0.29, 0.717) is 5.95 Å². The highest BCUT2D eigenvalue weighted by molar-refractivity contribution is 9.10. The Balaban J connectivity index is 2.83. The van der Waals surface area contributed by atoms with Crippen molar-refractivity contribution in [1.82, 2.24) is 9.97 Å². The molecule has 0 saturated heterocycles. The lowest BCUT2D eigenvalue weighted by molar-refractivity contribution is 0.289. The summed E-state index contributed by atoms with van der Waals surface area (Å²) in [6.07, 6.45) is 3.54. The van der Waals surface area contributed by atoms with E-state index in [1.54, 1.807) is 6.20 Å². The first-order valence-corrected chi connectivity index (χ1v) is 7.14. The Labute approximate surface area is 117 Å². The average molecular weight is 317 g/mol. The number of aliphatic hydroxyl groups is 1. The number of hydrogen-bond donors (Lipinski definition) is 2. The minimum Gasteiger partial charge on any atom is -0.396 e. The molecule has 18 heavy (non-hydrogen) atoms. The van der Waals surface area contributed by atoms with Gasteiger partial charge in [0.05, 0.1) is 4.47 Å². The molecule has 0 bridgehead atoms. The molecule has 0 amide bonds. The Morgan fingerprint density at radius 1 is 1.44 bits per heavy atom. The van der Waals surface area contributed by atoms with Gasteiger partial charge in [-0.15, -0.1) is 0 Å². The first-order chi connectivity index (χ1) is 8.72. The zero-order valence-electron chi connectivity index (χ0n) is 11.0. The largest absolute Gasteiger partial charge is 0.396 e. The number of halogens is 1. The number of nitrogens with zero attached hydrogens (tertiary/aromatic N) is 3. The second kappa shape index (κ2) is 8.26. The van der Waals surface area contributed by atoms with E-state index >= 15 is 0 Å². The van der Waals surface area contributed by atoms with Crippen LogP contribution in [-0.4, -0.2) is 41.3 Å². The standard InChI is InChI=1S/C12H21BrN4O/c1-3-6-14-12-15-9-10(13)11(16-12)17(4-2)7-5-8-18/h9,18H,3-8H2,1-2H3,(H,14,15,16). The summed E-state index contributed by atoms with van der Waals surface area (Å²) in [7, 11) is 0. The van der Waals surface area contributed by atoms with Crippen LogP contribution in [0.15, 0.2) is 10.7 Å². The minimum atomic E-state index is 0.195. The molecule has 0 unspecified atom stereocenters. The van der Waals surface area contributed by atoms with E-state index in [2.05, 4.69) is 50.0 Å². The molecule has 1 aromatic rings. The molecule has 0 fully saturated rings. The van der Waals surface area contributed by atoms with Gasteiger partial charge in [-0.2, -0.15) is 4.98 Å². The third-order valence-corrected chi connectivity index (χ3v) is 3.09. The van der Waals surface area contributed by atoms with Gasteiger partial charge in [0, 0.05) is 32.4 Å². The number of nitrogens with one attached hydrogen (secondary N) is 1. The van der Waals surface area contributed by atoms with Gasteiger partial charge < -0.3 is 15.3 Å². The van der Waals surface area contributed by atoms with Crippen LogP contribution in [0.25, 0.3) is 0 Å². The van der Waals surface area contributed by atoms with Crippen molar-refractivity contribution in [1.29, 1.82) is 0 Å². The van der Waals surface area contributed by atoms with Crippen molar-refractivity contribution < 1.29 is 5.11 Å². The van der Waals surface area contributed by atoms with Gasteiger partial charge in [0.1, 0.15) is 5.82 Å². The summed E-state index contributed by atoms with van der Waals surface area (Å²) < 4.78 is 0.879. The number of rotatable bonds is 8. The molecule has 0 aromatic carbocycles. The lowest BCUT2D eigenvalue weighted by Crippen LogP contribution is -2.26. The van der Waals surface area contributed by atoms with Gasteiger partial charge in [-0.1, -0.05) is 6.92 Å². The number of aliphatic hydroxyl groups excluding tert-OH is 1. The topological polar surface area (TPSA) is 61.3 Å². The molecule has 1 heterocycles. The van der Waals surface area contributed by atoms with Crippen molar-refractivity contribution in [2.24, 2.45) is 0 Å². The predicted octanol–water partition coefficient (Wildman–Crippen LogP) is 2.27. The van der Waals surface area contributed by atoms with E-state index in [1.165, 1.54) is 0 Å². The van der Waals surface area contributed by atoms with Crippen molar-refractivity contribution in [3.05, 3.63) is 10.7 Å². The summed E-state index contributed by atoms with van der Waals surface area (Å²) in [6.45, 7) is 6.88. The molecular weight excluding hydrogens is 296 g/mol. The van der Waals surface area contributed by atoms with Gasteiger partial charge in [-0.3, -0.25) is 0 Å². The van der Waals surface area contributed by atoms with Gasteiger partial charge in [-0.05, 0) is 35.7 Å². The zero-order valence-corrected chi connectivity index (χ0v) is 12.6. The van der Waals surface area contributed by atoms with Crippen molar-refractivity contribution in [2.75, 3.05) is 36.5 Å². The van der Waals surface area contributed by atoms with Gasteiger partial charge in [0.2, 0.25) is 5.95 Å². The maximum absolute atomic E-state index is 8.91. The van der Waals surface area contributed by atoms with E-state index in [9.17, 15) is 0 Å². The van der Waals surface area contributed by atoms with Gasteiger partial charge in [-0.25, -0.2) is 4.98 Å². The summed E-state index contributed by atoms with van der Waals surface area (Å²) in [4.78, 5) is 10.9. The third-order valence-electron chi connectivity index (χ3n) is 2.53. The van der Waals surface area contributed by atoms with Crippen LogP contribution in [0.5, 0.6) is 0 Å². The predicted molar refractivity (Wildman–Crippen MR) is 78.1 cm³/mol. The maximum atomic E-state index is 8.91. The lowest BCUT2D eigenvalue weighted by Gasteiger charge is -2.23. The monoisotopic (exact) mass is 316 g/mol. The van der Waals surface area contributed by atoms with Gasteiger partial charge in [0.25, 0.3) is 0 Å². The van der Waals surface area contributed by atoms with Crippen molar-refractivity contribution in [3.63, 3.8) is 0 Å². The van der Waals surface area contributed by atoms with Crippen LogP contribution in [0.1, 0.15) is 26.7 Å². The average Bonchev–Trinajstić information content (AvgIpc) is 2.39. The summed E-state index contributed by atoms with van der Waals surface area (Å²) in [5, 5.41) is 12.1. The normalized spacial score (nSPS) is 10.4. The Hall–Kier alpha value is -0.880. The number of anilines is 2. The molecule has 0 aliphatic heterocycles. The van der Waals surface area contributed by atoms with Gasteiger partial charge >= 0.3 is 0 Å². The molecule has 0 aliphatic rings. The van der Waals surface area contributed by atoms with Gasteiger partial charge in [0.15, 0.2) is 0 Å². The molecule has 0 spiro atoms. The van der Waals surface area contributed by atoms with E-state index in [4.69, 9.17) is 5.11 Å². The van der Waals surface area contributed by atoms with Crippen LogP contribution in [0.4, 0.5) is 11.8 Å². The van der Waals surface area contributed by atoms with E-state index in [-0.39, 0.29) is 6.61 Å². The highest BCUT2D eigenvalue weighted by Gasteiger charge is 2.11. The second-order valence-corrected chi connectivity index (χ2v) is 4.80. The highest BCUT2D eigenvalue weighted by atomic mass is 79.9. The molecule has 1 rings (SSSR count). The molecule has 6 heteroatoms. The van der Waals surface area contributed by atoms with E-state index in [0.717, 1.165) is 42.8 Å². The Kier molecular flexibility index (Phi) is 6.97. The Morgan fingerprint density at radius 2 is 2.22 bits per heavy atom. The van der Waals surface area contributed by atoms with Crippen LogP contribution >= 0.6 is 15.9 Å². The molecule has 0 atom stereocenters. The minimum absolute atomic E-state index is 0.195. The van der Waals surface area contributed by atoms with Crippen molar-refractivity contribution in [3.8, 4) is 0 Å². The molecule has 2 N–H and O–H groups in total. The Bertz CT molecular complexity index is 362. The fraction of sp³-hybridized carbons (Fsp3) is 0.667. The molecule has 0 saturated carbocycles. The zero-order chi connectivity index (χ0) is 13.4. The molecule has 0 aliphatic carbocycles. The van der Waals surface area contributed by atoms with Crippen LogP contribution in [-0.2, 0) is 0 Å². The molecule has 0 radical (unpaired) electrons. The molecule has 5 nitrogen and oxygen atoms in total. The smallest absolute Gasteiger partial charge is 0.224 e. The van der Waals surface area contributed by atoms with Crippen LogP contribution < -0.4 is 10.2 Å². The Morgan fingerprint density at radius 3 is 2.83 bits per heavy atom. The first kappa shape index (κ1) is 15.2. The van der Waals surface area contributed by atoms with Crippen molar-refractivity contribution in [2.45, 2.75) is 26.7 Å². The SMILES string of the molecule is CCCNc1ncc(Br)c(N(CC)CCCO)n1. The number of aromatic nitrogens is 2. The summed E-state index contributed by atoms with van der Waals surface area (Å²) >= 11 is 3.48. The van der Waals surface area contributed by atoms with Crippen molar-refractivity contribution >= 4 is 27.7 Å². The maximum Gasteiger partial charge on any atom is 0.224 e. The van der Waals surface area contributed by atoms with Crippen LogP contribution in [0, 0.1) is 0 Å². The fourth-order valence-corrected chi connectivity index (χ4v) is 2.02. The summed E-state index contributed by atoms with van der Waals surface area (Å²) in [6, 6.07) is 0.